The number of hydrogen-bond acceptors (Lipinski definition) is 3. The van der Waals surface area contributed by atoms with Crippen LogP contribution in [0.15, 0.2) is 56.5 Å². The zero-order chi connectivity index (χ0) is 19.7. The van der Waals surface area contributed by atoms with E-state index in [0.717, 1.165) is 48.7 Å². The Kier molecular flexibility index (Phi) is 7.98. The molecule has 5 nitrogen and oxygen atoms in total. The monoisotopic (exact) mass is 447 g/mol. The highest BCUT2D eigenvalue weighted by atomic mass is 79.9. The van der Waals surface area contributed by atoms with Crippen molar-refractivity contribution in [3.05, 3.63) is 58.5 Å². The van der Waals surface area contributed by atoms with Crippen molar-refractivity contribution in [1.82, 2.24) is 10.6 Å². The van der Waals surface area contributed by atoms with Crippen LogP contribution in [-0.4, -0.2) is 32.8 Å². The van der Waals surface area contributed by atoms with E-state index in [1.54, 1.807) is 13.4 Å². The Morgan fingerprint density at radius 2 is 2.04 bits per heavy atom. The summed E-state index contributed by atoms with van der Waals surface area (Å²) in [5.41, 5.74) is 1.53. The average molecular weight is 448 g/mol. The summed E-state index contributed by atoms with van der Waals surface area (Å²) < 4.78 is 11.8. The summed E-state index contributed by atoms with van der Waals surface area (Å²) in [7, 11) is 1.78. The third-order valence-corrected chi connectivity index (χ3v) is 5.99. The van der Waals surface area contributed by atoms with E-state index < -0.39 is 0 Å². The number of furan rings is 1. The second kappa shape index (κ2) is 10.7. The predicted octanol–water partition coefficient (Wildman–Crippen LogP) is 4.53. The van der Waals surface area contributed by atoms with Gasteiger partial charge in [-0.25, -0.2) is 4.99 Å². The fourth-order valence-electron chi connectivity index (χ4n) is 3.48. The van der Waals surface area contributed by atoms with Crippen LogP contribution in [0.25, 0.3) is 0 Å². The van der Waals surface area contributed by atoms with Crippen LogP contribution in [0.1, 0.15) is 37.0 Å². The number of aliphatic imine (C=N–C) groups is 1. The largest absolute Gasteiger partial charge is 0.469 e. The minimum Gasteiger partial charge on any atom is -0.469 e. The summed E-state index contributed by atoms with van der Waals surface area (Å²) >= 11 is 3.48. The van der Waals surface area contributed by atoms with Gasteiger partial charge in [-0.3, -0.25) is 0 Å². The van der Waals surface area contributed by atoms with E-state index in [-0.39, 0.29) is 0 Å². The van der Waals surface area contributed by atoms with Gasteiger partial charge in [0.05, 0.1) is 12.8 Å². The van der Waals surface area contributed by atoms with Gasteiger partial charge in [-0.1, -0.05) is 34.5 Å². The Morgan fingerprint density at radius 3 is 2.68 bits per heavy atom. The lowest BCUT2D eigenvalue weighted by Crippen LogP contribution is -2.47. The molecule has 3 rings (SSSR count). The number of nitrogens with zero attached hydrogens (tertiary/aromatic N) is 1. The first-order valence-corrected chi connectivity index (χ1v) is 10.8. The van der Waals surface area contributed by atoms with Crippen LogP contribution in [0.5, 0.6) is 0 Å². The van der Waals surface area contributed by atoms with Crippen LogP contribution < -0.4 is 10.6 Å². The summed E-state index contributed by atoms with van der Waals surface area (Å²) in [6, 6.07) is 12.2. The molecule has 0 amide bonds. The molecule has 1 aromatic carbocycles. The normalized spacial score (nSPS) is 15.9. The Bertz CT molecular complexity index is 725. The molecule has 0 saturated heterocycles. The van der Waals surface area contributed by atoms with Gasteiger partial charge in [0.2, 0.25) is 0 Å². The lowest BCUT2D eigenvalue weighted by Gasteiger charge is -2.42. The van der Waals surface area contributed by atoms with Crippen molar-refractivity contribution in [3.63, 3.8) is 0 Å². The van der Waals surface area contributed by atoms with Crippen LogP contribution in [-0.2, 0) is 17.7 Å². The molecule has 0 aliphatic heterocycles. The zero-order valence-corrected chi connectivity index (χ0v) is 18.1. The number of benzene rings is 1. The molecule has 0 bridgehead atoms. The average Bonchev–Trinajstić information content (AvgIpc) is 3.19. The van der Waals surface area contributed by atoms with Crippen LogP contribution in [0.3, 0.4) is 0 Å². The predicted molar refractivity (Wildman–Crippen MR) is 116 cm³/mol. The van der Waals surface area contributed by atoms with Gasteiger partial charge < -0.3 is 19.8 Å². The minimum atomic E-state index is 0.344. The third kappa shape index (κ3) is 6.38. The summed E-state index contributed by atoms with van der Waals surface area (Å²) in [6.07, 6.45) is 7.48. The van der Waals surface area contributed by atoms with E-state index in [1.165, 1.54) is 24.8 Å². The molecule has 2 aromatic rings. The molecule has 1 saturated carbocycles. The van der Waals surface area contributed by atoms with Crippen molar-refractivity contribution >= 4 is 21.9 Å². The van der Waals surface area contributed by atoms with Gasteiger partial charge in [0, 0.05) is 37.7 Å². The van der Waals surface area contributed by atoms with E-state index in [4.69, 9.17) is 14.1 Å². The maximum Gasteiger partial charge on any atom is 0.191 e. The Hall–Kier alpha value is -1.79. The van der Waals surface area contributed by atoms with Crippen molar-refractivity contribution in [2.45, 2.75) is 38.6 Å². The van der Waals surface area contributed by atoms with E-state index in [9.17, 15) is 0 Å². The van der Waals surface area contributed by atoms with Gasteiger partial charge in [-0.15, -0.1) is 0 Å². The first kappa shape index (κ1) is 20.9. The van der Waals surface area contributed by atoms with Crippen molar-refractivity contribution in [2.75, 3.05) is 26.8 Å². The van der Waals surface area contributed by atoms with Gasteiger partial charge in [0.1, 0.15) is 5.76 Å². The van der Waals surface area contributed by atoms with Gasteiger partial charge in [0.15, 0.2) is 5.96 Å². The first-order chi connectivity index (χ1) is 13.7. The van der Waals surface area contributed by atoms with E-state index in [2.05, 4.69) is 50.8 Å². The number of nitrogens with one attached hydrogen (secondary N) is 2. The molecular formula is C22H30BrN3O2. The van der Waals surface area contributed by atoms with E-state index >= 15 is 0 Å². The van der Waals surface area contributed by atoms with Gasteiger partial charge >= 0.3 is 0 Å². The van der Waals surface area contributed by atoms with Gasteiger partial charge in [-0.05, 0) is 54.5 Å². The third-order valence-electron chi connectivity index (χ3n) is 5.46. The molecule has 1 aliphatic rings. The number of rotatable bonds is 10. The molecule has 1 aromatic heterocycles. The number of halogens is 1. The van der Waals surface area contributed by atoms with Crippen LogP contribution in [0.2, 0.25) is 0 Å². The van der Waals surface area contributed by atoms with Crippen molar-refractivity contribution in [1.29, 1.82) is 0 Å². The molecule has 28 heavy (non-hydrogen) atoms. The SMILES string of the molecule is COCCC1(CNC(=NCc2ccc(Br)cc2)NCCc2ccco2)CCC1. The highest BCUT2D eigenvalue weighted by Gasteiger charge is 2.36. The second-order valence-electron chi connectivity index (χ2n) is 7.50. The molecule has 1 fully saturated rings. The smallest absolute Gasteiger partial charge is 0.191 e. The highest BCUT2D eigenvalue weighted by molar-refractivity contribution is 9.10. The zero-order valence-electron chi connectivity index (χ0n) is 16.5. The molecule has 152 valence electrons. The molecule has 0 unspecified atom stereocenters. The summed E-state index contributed by atoms with van der Waals surface area (Å²) in [4.78, 5) is 4.80. The standard InChI is InChI=1S/C22H30BrN3O2/c1-27-15-12-22(10-3-11-22)17-26-21(24-13-9-20-4-2-14-28-20)25-16-18-5-7-19(23)8-6-18/h2,4-8,14H,3,9-13,15-17H2,1H3,(H2,24,25,26). The van der Waals surface area contributed by atoms with E-state index in [1.807, 2.05) is 12.1 Å². The fourth-order valence-corrected chi connectivity index (χ4v) is 3.74. The van der Waals surface area contributed by atoms with Crippen LogP contribution in [0.4, 0.5) is 0 Å². The van der Waals surface area contributed by atoms with Crippen LogP contribution >= 0.6 is 15.9 Å². The van der Waals surface area contributed by atoms with Crippen molar-refractivity contribution < 1.29 is 9.15 Å². The lowest BCUT2D eigenvalue weighted by molar-refractivity contribution is 0.0732. The molecule has 0 spiro atoms. The highest BCUT2D eigenvalue weighted by Crippen LogP contribution is 2.43. The topological polar surface area (TPSA) is 58.8 Å². The quantitative estimate of drug-likeness (QED) is 0.414. The lowest BCUT2D eigenvalue weighted by atomic mass is 9.67. The fraction of sp³-hybridized carbons (Fsp3) is 0.500. The minimum absolute atomic E-state index is 0.344. The summed E-state index contributed by atoms with van der Waals surface area (Å²) in [5.74, 6) is 1.84. The Morgan fingerprint density at radius 1 is 1.21 bits per heavy atom. The van der Waals surface area contributed by atoms with Crippen LogP contribution in [0, 0.1) is 5.41 Å². The molecule has 0 radical (unpaired) electrons. The number of methoxy groups -OCH3 is 1. The van der Waals surface area contributed by atoms with E-state index in [0.29, 0.717) is 12.0 Å². The molecule has 6 heteroatoms. The maximum absolute atomic E-state index is 5.42. The number of ether oxygens (including phenoxy) is 1. The van der Waals surface area contributed by atoms with Crippen molar-refractivity contribution in [3.8, 4) is 0 Å². The maximum atomic E-state index is 5.42. The summed E-state index contributed by atoms with van der Waals surface area (Å²) in [5, 5.41) is 7.03. The number of hydrogen-bond donors (Lipinski definition) is 2. The molecule has 1 aliphatic carbocycles. The molecule has 0 atom stereocenters. The first-order valence-electron chi connectivity index (χ1n) is 9.97. The van der Waals surface area contributed by atoms with Crippen molar-refractivity contribution in [2.24, 2.45) is 10.4 Å². The van der Waals surface area contributed by atoms with Gasteiger partial charge in [-0.2, -0.15) is 0 Å². The summed E-state index contributed by atoms with van der Waals surface area (Å²) in [6.45, 7) is 3.18. The molecule has 2 N–H and O–H groups in total. The Labute approximate surface area is 176 Å². The second-order valence-corrected chi connectivity index (χ2v) is 8.41. The van der Waals surface area contributed by atoms with Gasteiger partial charge in [0.25, 0.3) is 0 Å². The Balaban J connectivity index is 1.57. The molecular weight excluding hydrogens is 418 g/mol. The molecule has 1 heterocycles. The number of guanidine groups is 1.